The number of urea groups is 1. The van der Waals surface area contributed by atoms with Crippen molar-refractivity contribution in [1.82, 2.24) is 14.8 Å². The van der Waals surface area contributed by atoms with Crippen LogP contribution in [-0.2, 0) is 22.5 Å². The average molecular weight is 551 g/mol. The highest BCUT2D eigenvalue weighted by atomic mass is 35.5. The molecule has 0 aliphatic carbocycles. The molecule has 0 radical (unpaired) electrons. The number of aryl methyl sites for hydroxylation is 1. The highest BCUT2D eigenvalue weighted by Gasteiger charge is 2.22. The molecule has 0 unspecified atom stereocenters. The average Bonchev–Trinajstić information content (AvgIpc) is 3.35. The van der Waals surface area contributed by atoms with E-state index in [1.807, 2.05) is 55.6 Å². The maximum atomic E-state index is 13.7. The third-order valence-corrected chi connectivity index (χ3v) is 6.81. The quantitative estimate of drug-likeness (QED) is 0.240. The number of anilines is 1. The number of methoxy groups -OCH3 is 1. The molecule has 0 aliphatic rings. The number of carbonyl (C=O) groups is 2. The molecule has 7 nitrogen and oxygen atoms in total. The number of carbonyl (C=O) groups excluding carboxylic acids is 2. The molecule has 1 aromatic heterocycles. The number of fused-ring (bicyclic) bond motifs is 1. The molecule has 4 aromatic rings. The predicted molar refractivity (Wildman–Crippen MR) is 152 cm³/mol. The summed E-state index contributed by atoms with van der Waals surface area (Å²) in [6.07, 6.45) is 2.63. The van der Waals surface area contributed by atoms with Crippen LogP contribution >= 0.6 is 11.6 Å². The highest BCUT2D eigenvalue weighted by molar-refractivity contribution is 6.31. The molecule has 3 amide bonds. The Labute approximate surface area is 232 Å². The van der Waals surface area contributed by atoms with Crippen molar-refractivity contribution in [3.05, 3.63) is 100 Å². The molecular formula is C30H32ClFN4O3. The molecule has 4 rings (SSSR count). The lowest BCUT2D eigenvalue weighted by atomic mass is 10.1. The number of aromatic nitrogens is 1. The zero-order chi connectivity index (χ0) is 27.8. The first kappa shape index (κ1) is 28.1. The number of nitrogens with zero attached hydrogens (tertiary/aromatic N) is 2. The van der Waals surface area contributed by atoms with Crippen molar-refractivity contribution in [3.8, 4) is 0 Å². The van der Waals surface area contributed by atoms with Gasteiger partial charge in [0.2, 0.25) is 5.91 Å². The second-order valence-corrected chi connectivity index (χ2v) is 9.79. The molecule has 0 saturated carbocycles. The third-order valence-electron chi connectivity index (χ3n) is 6.52. The minimum Gasteiger partial charge on any atom is -0.383 e. The predicted octanol–water partition coefficient (Wildman–Crippen LogP) is 6.02. The van der Waals surface area contributed by atoms with Crippen LogP contribution in [0.15, 0.2) is 72.9 Å². The van der Waals surface area contributed by atoms with Crippen molar-refractivity contribution in [3.63, 3.8) is 0 Å². The summed E-state index contributed by atoms with van der Waals surface area (Å²) in [5, 5.41) is 3.72. The van der Waals surface area contributed by atoms with E-state index in [-0.39, 0.29) is 30.6 Å². The van der Waals surface area contributed by atoms with E-state index in [0.717, 1.165) is 27.6 Å². The van der Waals surface area contributed by atoms with Crippen molar-refractivity contribution in [2.24, 2.45) is 0 Å². The summed E-state index contributed by atoms with van der Waals surface area (Å²) in [6, 6.07) is 19.5. The molecule has 0 saturated heterocycles. The van der Waals surface area contributed by atoms with Gasteiger partial charge in [0.25, 0.3) is 0 Å². The van der Waals surface area contributed by atoms with Crippen LogP contribution < -0.4 is 5.32 Å². The number of hydrogen-bond acceptors (Lipinski definition) is 3. The summed E-state index contributed by atoms with van der Waals surface area (Å²) in [4.78, 5) is 33.2. The molecule has 0 atom stereocenters. The Kier molecular flexibility index (Phi) is 9.57. The Balaban J connectivity index is 1.51. The Bertz CT molecular complexity index is 1420. The lowest BCUT2D eigenvalue weighted by Gasteiger charge is -2.28. The van der Waals surface area contributed by atoms with Crippen molar-refractivity contribution >= 4 is 40.1 Å². The first-order valence-corrected chi connectivity index (χ1v) is 13.1. The maximum absolute atomic E-state index is 13.7. The van der Waals surface area contributed by atoms with Crippen LogP contribution in [-0.4, -0.2) is 60.1 Å². The maximum Gasteiger partial charge on any atom is 0.322 e. The van der Waals surface area contributed by atoms with Gasteiger partial charge in [-0.05, 0) is 48.7 Å². The van der Waals surface area contributed by atoms with E-state index < -0.39 is 11.8 Å². The summed E-state index contributed by atoms with van der Waals surface area (Å²) in [5.41, 5.74) is 4.64. The summed E-state index contributed by atoms with van der Waals surface area (Å²) >= 11 is 5.86. The fourth-order valence-electron chi connectivity index (χ4n) is 4.29. The first-order valence-electron chi connectivity index (χ1n) is 12.7. The number of H-pyrrole nitrogens is 1. The van der Waals surface area contributed by atoms with E-state index in [1.165, 1.54) is 30.2 Å². The van der Waals surface area contributed by atoms with Gasteiger partial charge in [-0.1, -0.05) is 59.6 Å². The van der Waals surface area contributed by atoms with E-state index in [2.05, 4.69) is 16.4 Å². The van der Waals surface area contributed by atoms with Crippen molar-refractivity contribution in [2.75, 3.05) is 38.7 Å². The summed E-state index contributed by atoms with van der Waals surface area (Å²) < 4.78 is 18.7. The van der Waals surface area contributed by atoms with Gasteiger partial charge >= 0.3 is 6.03 Å². The lowest BCUT2D eigenvalue weighted by Crippen LogP contribution is -2.46. The molecule has 39 heavy (non-hydrogen) atoms. The van der Waals surface area contributed by atoms with Gasteiger partial charge in [0, 0.05) is 49.5 Å². The number of rotatable bonds is 11. The van der Waals surface area contributed by atoms with Crippen LogP contribution in [0.1, 0.15) is 16.7 Å². The summed E-state index contributed by atoms with van der Waals surface area (Å²) in [5.74, 6) is -0.776. The van der Waals surface area contributed by atoms with E-state index >= 15 is 0 Å². The van der Waals surface area contributed by atoms with E-state index in [0.29, 0.717) is 25.2 Å². The van der Waals surface area contributed by atoms with Gasteiger partial charge in [-0.15, -0.1) is 0 Å². The van der Waals surface area contributed by atoms with Crippen LogP contribution in [0.25, 0.3) is 10.9 Å². The number of benzene rings is 3. The Morgan fingerprint density at radius 1 is 1.03 bits per heavy atom. The molecule has 2 N–H and O–H groups in total. The number of halogens is 2. The van der Waals surface area contributed by atoms with Crippen molar-refractivity contribution in [1.29, 1.82) is 0 Å². The topological polar surface area (TPSA) is 77.7 Å². The number of aromatic amines is 1. The van der Waals surface area contributed by atoms with Gasteiger partial charge in [-0.25, -0.2) is 9.18 Å². The first-order chi connectivity index (χ1) is 18.8. The molecule has 0 fully saturated rings. The van der Waals surface area contributed by atoms with Crippen LogP contribution in [0.4, 0.5) is 14.9 Å². The molecule has 9 heteroatoms. The normalized spacial score (nSPS) is 11.0. The standard InChI is InChI=1S/C30H32ClFN4O3/c1-21-7-9-22(10-8-21)19-35(14-13-23-18-33-28-6-4-3-5-25(23)28)29(37)20-36(15-16-39-2)30(38)34-24-11-12-27(32)26(31)17-24/h3-12,17-18,33H,13-16,19-20H2,1-2H3,(H,34,38). The lowest BCUT2D eigenvalue weighted by molar-refractivity contribution is -0.132. The zero-order valence-electron chi connectivity index (χ0n) is 22.0. The van der Waals surface area contributed by atoms with Crippen LogP contribution in [0.5, 0.6) is 0 Å². The Morgan fingerprint density at radius 2 is 1.79 bits per heavy atom. The molecule has 3 aromatic carbocycles. The number of amides is 3. The fourth-order valence-corrected chi connectivity index (χ4v) is 4.47. The van der Waals surface area contributed by atoms with Crippen LogP contribution in [0, 0.1) is 12.7 Å². The van der Waals surface area contributed by atoms with Crippen molar-refractivity contribution < 1.29 is 18.7 Å². The molecular weight excluding hydrogens is 519 g/mol. The van der Waals surface area contributed by atoms with Crippen LogP contribution in [0.2, 0.25) is 5.02 Å². The van der Waals surface area contributed by atoms with Gasteiger partial charge in [0.05, 0.1) is 11.6 Å². The monoisotopic (exact) mass is 550 g/mol. The van der Waals surface area contributed by atoms with E-state index in [1.54, 1.807) is 4.90 Å². The second kappa shape index (κ2) is 13.3. The molecule has 0 aliphatic heterocycles. The van der Waals surface area contributed by atoms with Crippen LogP contribution in [0.3, 0.4) is 0 Å². The fraction of sp³-hybridized carbons (Fsp3) is 0.267. The highest BCUT2D eigenvalue weighted by Crippen LogP contribution is 2.21. The third kappa shape index (κ3) is 7.59. The SMILES string of the molecule is COCCN(CC(=O)N(CCc1c[nH]c2ccccc12)Cc1ccc(C)cc1)C(=O)Nc1ccc(F)c(Cl)c1. The van der Waals surface area contributed by atoms with Gasteiger partial charge in [-0.2, -0.15) is 0 Å². The molecule has 0 bridgehead atoms. The number of ether oxygens (including phenoxy) is 1. The minimum absolute atomic E-state index is 0.103. The van der Waals surface area contributed by atoms with E-state index in [4.69, 9.17) is 16.3 Å². The van der Waals surface area contributed by atoms with Gasteiger partial charge < -0.3 is 24.8 Å². The number of hydrogen-bond donors (Lipinski definition) is 2. The smallest absolute Gasteiger partial charge is 0.322 e. The molecule has 204 valence electrons. The second-order valence-electron chi connectivity index (χ2n) is 9.38. The largest absolute Gasteiger partial charge is 0.383 e. The number of nitrogens with one attached hydrogen (secondary N) is 2. The van der Waals surface area contributed by atoms with E-state index in [9.17, 15) is 14.0 Å². The molecule has 0 spiro atoms. The number of para-hydroxylation sites is 1. The summed E-state index contributed by atoms with van der Waals surface area (Å²) in [7, 11) is 1.53. The van der Waals surface area contributed by atoms with Gasteiger partial charge in [-0.3, -0.25) is 4.79 Å². The molecule has 1 heterocycles. The zero-order valence-corrected chi connectivity index (χ0v) is 22.8. The van der Waals surface area contributed by atoms with Gasteiger partial charge in [0.1, 0.15) is 12.4 Å². The Morgan fingerprint density at radius 3 is 2.54 bits per heavy atom. The van der Waals surface area contributed by atoms with Crippen molar-refractivity contribution in [2.45, 2.75) is 19.9 Å². The van der Waals surface area contributed by atoms with Gasteiger partial charge in [0.15, 0.2) is 0 Å². The summed E-state index contributed by atoms with van der Waals surface area (Å²) in [6.45, 7) is 3.20. The minimum atomic E-state index is -0.581. The Hall–Kier alpha value is -3.88.